The maximum atomic E-state index is 12.7. The molecule has 2 aliphatic rings. The van der Waals surface area contributed by atoms with Crippen LogP contribution in [0.25, 0.3) is 0 Å². The van der Waals surface area contributed by atoms with Gasteiger partial charge in [-0.3, -0.25) is 9.59 Å². The van der Waals surface area contributed by atoms with Crippen molar-refractivity contribution in [2.45, 2.75) is 57.3 Å². The molecule has 2 unspecified atom stereocenters. The van der Waals surface area contributed by atoms with Crippen LogP contribution in [0.5, 0.6) is 0 Å². The van der Waals surface area contributed by atoms with E-state index in [0.29, 0.717) is 31.5 Å². The standard InChI is InChI=1S/C21H28N4O3/c1-15-12-25(13-16(2)28-15)20(27)17-5-7-18(8-6-17)23-11-19(26)24-21(14-22)9-3-4-10-21/h5-8,15-16,23H,3-4,9-13H2,1-2H3,(H,24,26). The van der Waals surface area contributed by atoms with E-state index in [1.165, 1.54) is 0 Å². The van der Waals surface area contributed by atoms with Crippen LogP contribution in [0.1, 0.15) is 49.9 Å². The van der Waals surface area contributed by atoms with Crippen LogP contribution in [0.4, 0.5) is 5.69 Å². The fourth-order valence-electron chi connectivity index (χ4n) is 3.99. The number of nitrogens with zero attached hydrogens (tertiary/aromatic N) is 2. The van der Waals surface area contributed by atoms with E-state index in [2.05, 4.69) is 16.7 Å². The van der Waals surface area contributed by atoms with Crippen LogP contribution in [-0.2, 0) is 9.53 Å². The second-order valence-corrected chi connectivity index (χ2v) is 7.85. The van der Waals surface area contributed by atoms with Crippen molar-refractivity contribution in [2.24, 2.45) is 0 Å². The van der Waals surface area contributed by atoms with Crippen LogP contribution in [0.2, 0.25) is 0 Å². The Bertz CT molecular complexity index is 740. The Labute approximate surface area is 166 Å². The summed E-state index contributed by atoms with van der Waals surface area (Å²) >= 11 is 0. The smallest absolute Gasteiger partial charge is 0.254 e. The van der Waals surface area contributed by atoms with Gasteiger partial charge in [0.25, 0.3) is 5.91 Å². The fourth-order valence-corrected chi connectivity index (χ4v) is 3.99. The molecule has 1 aliphatic carbocycles. The first-order chi connectivity index (χ1) is 13.4. The summed E-state index contributed by atoms with van der Waals surface area (Å²) in [5.74, 6) is -0.205. The number of rotatable bonds is 5. The summed E-state index contributed by atoms with van der Waals surface area (Å²) in [6.45, 7) is 5.20. The van der Waals surface area contributed by atoms with Crippen molar-refractivity contribution in [3.63, 3.8) is 0 Å². The van der Waals surface area contributed by atoms with E-state index in [1.54, 1.807) is 24.3 Å². The molecule has 2 N–H and O–H groups in total. The zero-order valence-electron chi connectivity index (χ0n) is 16.5. The summed E-state index contributed by atoms with van der Waals surface area (Å²) in [5.41, 5.74) is 0.667. The van der Waals surface area contributed by atoms with Crippen LogP contribution >= 0.6 is 0 Å². The number of morpholine rings is 1. The van der Waals surface area contributed by atoms with Gasteiger partial charge in [-0.1, -0.05) is 0 Å². The third kappa shape index (κ3) is 4.82. The summed E-state index contributed by atoms with van der Waals surface area (Å²) in [4.78, 5) is 26.7. The number of hydrogen-bond donors (Lipinski definition) is 2. The number of nitriles is 1. The molecule has 2 fully saturated rings. The second kappa shape index (κ2) is 8.61. The minimum absolute atomic E-state index is 0.0107. The fraction of sp³-hybridized carbons (Fsp3) is 0.571. The molecule has 28 heavy (non-hydrogen) atoms. The van der Waals surface area contributed by atoms with Crippen molar-refractivity contribution in [1.29, 1.82) is 5.26 Å². The van der Waals surface area contributed by atoms with Gasteiger partial charge in [0.05, 0.1) is 24.8 Å². The Morgan fingerprint density at radius 2 is 1.79 bits per heavy atom. The molecule has 1 aliphatic heterocycles. The zero-order valence-corrected chi connectivity index (χ0v) is 16.5. The Hall–Kier alpha value is -2.59. The van der Waals surface area contributed by atoms with E-state index in [0.717, 1.165) is 18.5 Å². The van der Waals surface area contributed by atoms with Crippen LogP contribution in [-0.4, -0.2) is 54.1 Å². The molecular formula is C21H28N4O3. The Balaban J connectivity index is 1.52. The van der Waals surface area contributed by atoms with Crippen molar-refractivity contribution in [1.82, 2.24) is 10.2 Å². The summed E-state index contributed by atoms with van der Waals surface area (Å²) < 4.78 is 5.68. The summed E-state index contributed by atoms with van der Waals surface area (Å²) in [6.07, 6.45) is 3.43. The van der Waals surface area contributed by atoms with E-state index < -0.39 is 5.54 Å². The molecule has 1 heterocycles. The molecule has 1 saturated heterocycles. The number of benzene rings is 1. The third-order valence-corrected chi connectivity index (χ3v) is 5.34. The molecule has 2 amide bonds. The quantitative estimate of drug-likeness (QED) is 0.812. The largest absolute Gasteiger partial charge is 0.376 e. The molecule has 7 heteroatoms. The molecule has 1 aromatic rings. The van der Waals surface area contributed by atoms with E-state index >= 15 is 0 Å². The number of ether oxygens (including phenoxy) is 1. The number of amides is 2. The molecule has 150 valence electrons. The van der Waals surface area contributed by atoms with Crippen molar-refractivity contribution >= 4 is 17.5 Å². The Kier molecular flexibility index (Phi) is 6.20. The second-order valence-electron chi connectivity index (χ2n) is 7.85. The summed E-state index contributed by atoms with van der Waals surface area (Å²) in [6, 6.07) is 9.37. The number of carbonyl (C=O) groups excluding carboxylic acids is 2. The Morgan fingerprint density at radius 3 is 2.36 bits per heavy atom. The maximum absolute atomic E-state index is 12.7. The lowest BCUT2D eigenvalue weighted by molar-refractivity contribution is -0.120. The van der Waals surface area contributed by atoms with Gasteiger partial charge in [-0.15, -0.1) is 0 Å². The summed E-state index contributed by atoms with van der Waals surface area (Å²) in [5, 5.41) is 15.3. The molecule has 7 nitrogen and oxygen atoms in total. The highest BCUT2D eigenvalue weighted by Gasteiger charge is 2.35. The molecule has 0 spiro atoms. The van der Waals surface area contributed by atoms with Gasteiger partial charge >= 0.3 is 0 Å². The predicted molar refractivity (Wildman–Crippen MR) is 106 cm³/mol. The molecular weight excluding hydrogens is 356 g/mol. The monoisotopic (exact) mass is 384 g/mol. The van der Waals surface area contributed by atoms with Crippen molar-refractivity contribution < 1.29 is 14.3 Å². The SMILES string of the molecule is CC1CN(C(=O)c2ccc(NCC(=O)NC3(C#N)CCCC3)cc2)CC(C)O1. The lowest BCUT2D eigenvalue weighted by Crippen LogP contribution is -2.48. The maximum Gasteiger partial charge on any atom is 0.254 e. The molecule has 0 bridgehead atoms. The number of carbonyl (C=O) groups is 2. The van der Waals surface area contributed by atoms with E-state index in [1.807, 2.05) is 18.7 Å². The molecule has 3 rings (SSSR count). The molecule has 1 saturated carbocycles. The van der Waals surface area contributed by atoms with Crippen molar-refractivity contribution in [3.05, 3.63) is 29.8 Å². The van der Waals surface area contributed by atoms with Gasteiger partial charge in [-0.05, 0) is 63.8 Å². The van der Waals surface area contributed by atoms with Gasteiger partial charge in [-0.25, -0.2) is 0 Å². The number of anilines is 1. The lowest BCUT2D eigenvalue weighted by Gasteiger charge is -2.35. The predicted octanol–water partition coefficient (Wildman–Crippen LogP) is 2.30. The first-order valence-electron chi connectivity index (χ1n) is 9.92. The summed E-state index contributed by atoms with van der Waals surface area (Å²) in [7, 11) is 0. The third-order valence-electron chi connectivity index (χ3n) is 5.34. The van der Waals surface area contributed by atoms with E-state index in [-0.39, 0.29) is 30.6 Å². The lowest BCUT2D eigenvalue weighted by atomic mass is 10.00. The zero-order chi connectivity index (χ0) is 20.1. The van der Waals surface area contributed by atoms with Crippen LogP contribution in [0.15, 0.2) is 24.3 Å². The van der Waals surface area contributed by atoms with Gasteiger partial charge in [0, 0.05) is 24.3 Å². The first-order valence-corrected chi connectivity index (χ1v) is 9.92. The highest BCUT2D eigenvalue weighted by atomic mass is 16.5. The highest BCUT2D eigenvalue weighted by molar-refractivity contribution is 5.94. The Morgan fingerprint density at radius 1 is 1.18 bits per heavy atom. The minimum atomic E-state index is -0.707. The average molecular weight is 384 g/mol. The number of nitrogens with one attached hydrogen (secondary N) is 2. The molecule has 0 aromatic heterocycles. The van der Waals surface area contributed by atoms with Gasteiger partial charge in [0.1, 0.15) is 5.54 Å². The molecule has 0 radical (unpaired) electrons. The normalized spacial score (nSPS) is 23.7. The molecule has 1 aromatic carbocycles. The van der Waals surface area contributed by atoms with Gasteiger partial charge in [0.15, 0.2) is 0 Å². The van der Waals surface area contributed by atoms with Gasteiger partial charge in [0.2, 0.25) is 5.91 Å². The highest BCUT2D eigenvalue weighted by Crippen LogP contribution is 2.28. The van der Waals surface area contributed by atoms with Crippen molar-refractivity contribution in [2.75, 3.05) is 25.0 Å². The van der Waals surface area contributed by atoms with E-state index in [4.69, 9.17) is 4.74 Å². The first kappa shape index (κ1) is 20.2. The van der Waals surface area contributed by atoms with Crippen LogP contribution in [0, 0.1) is 11.3 Å². The van der Waals surface area contributed by atoms with Gasteiger partial charge in [-0.2, -0.15) is 5.26 Å². The number of hydrogen-bond acceptors (Lipinski definition) is 5. The van der Waals surface area contributed by atoms with Crippen LogP contribution < -0.4 is 10.6 Å². The molecule has 2 atom stereocenters. The van der Waals surface area contributed by atoms with Crippen molar-refractivity contribution in [3.8, 4) is 6.07 Å². The average Bonchev–Trinajstić information content (AvgIpc) is 3.14. The van der Waals surface area contributed by atoms with E-state index in [9.17, 15) is 14.9 Å². The topological polar surface area (TPSA) is 94.5 Å². The minimum Gasteiger partial charge on any atom is -0.376 e. The van der Waals surface area contributed by atoms with Gasteiger partial charge < -0.3 is 20.3 Å². The van der Waals surface area contributed by atoms with Crippen LogP contribution in [0.3, 0.4) is 0 Å².